The van der Waals surface area contributed by atoms with Gasteiger partial charge in [0.05, 0.1) is 12.8 Å². The minimum atomic E-state index is -0.693. The molecule has 0 aliphatic carbocycles. The van der Waals surface area contributed by atoms with Crippen LogP contribution < -0.4 is 0 Å². The molecule has 0 bridgehead atoms. The fraction of sp³-hybridized carbons (Fsp3) is 0.200. The van der Waals surface area contributed by atoms with Crippen molar-refractivity contribution in [3.05, 3.63) is 68.6 Å². The van der Waals surface area contributed by atoms with Crippen LogP contribution in [-0.4, -0.2) is 36.7 Å². The van der Waals surface area contributed by atoms with E-state index in [0.717, 1.165) is 8.95 Å². The molecular formula is C20H16Br2O6. The first-order chi connectivity index (χ1) is 13.3. The van der Waals surface area contributed by atoms with Crippen molar-refractivity contribution in [3.8, 4) is 0 Å². The van der Waals surface area contributed by atoms with E-state index in [0.29, 0.717) is 11.1 Å². The van der Waals surface area contributed by atoms with Crippen molar-refractivity contribution < 1.29 is 28.7 Å². The average molecular weight is 512 g/mol. The molecule has 0 aliphatic rings. The van der Waals surface area contributed by atoms with Crippen molar-refractivity contribution in [3.63, 3.8) is 0 Å². The minimum absolute atomic E-state index is 0.237. The Morgan fingerprint density at radius 2 is 0.929 bits per heavy atom. The molecule has 0 amide bonds. The lowest BCUT2D eigenvalue weighted by Crippen LogP contribution is -2.17. The predicted molar refractivity (Wildman–Crippen MR) is 108 cm³/mol. The smallest absolute Gasteiger partial charge is 0.306 e. The molecule has 0 saturated carbocycles. The van der Waals surface area contributed by atoms with Gasteiger partial charge in [0.1, 0.15) is 0 Å². The first-order valence-corrected chi connectivity index (χ1v) is 9.82. The van der Waals surface area contributed by atoms with Gasteiger partial charge < -0.3 is 9.47 Å². The van der Waals surface area contributed by atoms with Crippen LogP contribution in [0.1, 0.15) is 33.6 Å². The van der Waals surface area contributed by atoms with Crippen LogP contribution in [0.5, 0.6) is 0 Å². The molecule has 0 saturated heterocycles. The lowest BCUT2D eigenvalue weighted by molar-refractivity contribution is -0.149. The second kappa shape index (κ2) is 10.9. The third-order valence-corrected chi connectivity index (χ3v) is 4.65. The Morgan fingerprint density at radius 1 is 0.607 bits per heavy atom. The van der Waals surface area contributed by atoms with Gasteiger partial charge in [0, 0.05) is 20.1 Å². The van der Waals surface area contributed by atoms with Gasteiger partial charge in [-0.05, 0) is 24.3 Å². The van der Waals surface area contributed by atoms with Gasteiger partial charge in [0.25, 0.3) is 0 Å². The monoisotopic (exact) mass is 510 g/mol. The highest BCUT2D eigenvalue weighted by Gasteiger charge is 2.14. The molecule has 0 aliphatic heterocycles. The summed E-state index contributed by atoms with van der Waals surface area (Å²) in [5.41, 5.74) is 0.837. The van der Waals surface area contributed by atoms with Crippen LogP contribution in [0.25, 0.3) is 0 Å². The highest BCUT2D eigenvalue weighted by atomic mass is 79.9. The molecule has 0 radical (unpaired) electrons. The van der Waals surface area contributed by atoms with Crippen LogP contribution in [-0.2, 0) is 19.1 Å². The molecule has 0 heterocycles. The van der Waals surface area contributed by atoms with E-state index >= 15 is 0 Å². The van der Waals surface area contributed by atoms with Gasteiger partial charge in [0.2, 0.25) is 0 Å². The van der Waals surface area contributed by atoms with Crippen LogP contribution >= 0.6 is 31.9 Å². The summed E-state index contributed by atoms with van der Waals surface area (Å²) in [7, 11) is 0. The third kappa shape index (κ3) is 7.36. The molecule has 8 heteroatoms. The second-order valence-corrected chi connectivity index (χ2v) is 7.51. The number of hydrogen-bond acceptors (Lipinski definition) is 6. The summed E-state index contributed by atoms with van der Waals surface area (Å²) in [5, 5.41) is 0. The highest BCUT2D eigenvalue weighted by Crippen LogP contribution is 2.12. The van der Waals surface area contributed by atoms with Crippen LogP contribution in [0.2, 0.25) is 0 Å². The fourth-order valence-electron chi connectivity index (χ4n) is 2.08. The molecule has 2 rings (SSSR count). The van der Waals surface area contributed by atoms with E-state index in [1.54, 1.807) is 48.5 Å². The number of Topliss-reactive ketones (excluding diaryl/α,β-unsaturated/α-hetero) is 2. The lowest BCUT2D eigenvalue weighted by atomic mass is 10.1. The number of carbonyl (C=O) groups excluding carboxylic acids is 4. The quantitative estimate of drug-likeness (QED) is 0.371. The molecule has 146 valence electrons. The van der Waals surface area contributed by atoms with Crippen molar-refractivity contribution >= 4 is 55.4 Å². The van der Waals surface area contributed by atoms with Crippen LogP contribution in [0.4, 0.5) is 0 Å². The summed E-state index contributed by atoms with van der Waals surface area (Å²) in [5.74, 6) is -2.07. The van der Waals surface area contributed by atoms with Crippen LogP contribution in [0, 0.1) is 0 Å². The van der Waals surface area contributed by atoms with E-state index in [1.165, 1.54) is 0 Å². The van der Waals surface area contributed by atoms with Crippen LogP contribution in [0.15, 0.2) is 57.5 Å². The molecule has 28 heavy (non-hydrogen) atoms. The number of rotatable bonds is 9. The zero-order chi connectivity index (χ0) is 20.5. The molecular weight excluding hydrogens is 496 g/mol. The van der Waals surface area contributed by atoms with Gasteiger partial charge >= 0.3 is 11.9 Å². The first kappa shape index (κ1) is 22.0. The number of halogens is 2. The van der Waals surface area contributed by atoms with Gasteiger partial charge in [-0.2, -0.15) is 0 Å². The Balaban J connectivity index is 1.67. The average Bonchev–Trinajstić information content (AvgIpc) is 2.69. The molecule has 0 unspecified atom stereocenters. The molecule has 0 fully saturated rings. The van der Waals surface area contributed by atoms with Gasteiger partial charge in [-0.1, -0.05) is 56.1 Å². The zero-order valence-corrected chi connectivity index (χ0v) is 17.8. The summed E-state index contributed by atoms with van der Waals surface area (Å²) < 4.78 is 11.4. The number of ketones is 2. The summed E-state index contributed by atoms with van der Waals surface area (Å²) in [6.07, 6.45) is -0.474. The molecule has 0 spiro atoms. The Morgan fingerprint density at radius 3 is 1.25 bits per heavy atom. The highest BCUT2D eigenvalue weighted by molar-refractivity contribution is 9.10. The van der Waals surface area contributed by atoms with E-state index in [9.17, 15) is 19.2 Å². The van der Waals surface area contributed by atoms with E-state index in [1.807, 2.05) is 0 Å². The van der Waals surface area contributed by atoms with E-state index in [-0.39, 0.29) is 24.4 Å². The van der Waals surface area contributed by atoms with Gasteiger partial charge in [0.15, 0.2) is 24.8 Å². The number of ether oxygens (including phenoxy) is 2. The van der Waals surface area contributed by atoms with E-state index < -0.39 is 25.2 Å². The minimum Gasteiger partial charge on any atom is -0.457 e. The molecule has 0 aromatic heterocycles. The molecule has 0 N–H and O–H groups in total. The number of hydrogen-bond donors (Lipinski definition) is 0. The third-order valence-electron chi connectivity index (χ3n) is 3.59. The first-order valence-electron chi connectivity index (χ1n) is 8.24. The maximum absolute atomic E-state index is 11.9. The Bertz CT molecular complexity index is 786. The SMILES string of the molecule is O=C(CCC(=O)OCC(=O)c1ccc(Br)cc1)OCC(=O)c1ccc(Br)cc1. The number of esters is 2. The normalized spacial score (nSPS) is 10.2. The number of benzene rings is 2. The maximum atomic E-state index is 11.9. The van der Waals surface area contributed by atoms with Crippen molar-refractivity contribution in [2.75, 3.05) is 13.2 Å². The van der Waals surface area contributed by atoms with Crippen molar-refractivity contribution in [1.29, 1.82) is 0 Å². The fourth-order valence-corrected chi connectivity index (χ4v) is 2.61. The lowest BCUT2D eigenvalue weighted by Gasteiger charge is -2.06. The van der Waals surface area contributed by atoms with E-state index in [2.05, 4.69) is 31.9 Å². The standard InChI is InChI=1S/C20H16Br2O6/c21-15-5-1-13(2-6-15)17(23)11-27-19(25)9-10-20(26)28-12-18(24)14-3-7-16(22)8-4-14/h1-8H,9-12H2. The Hall–Kier alpha value is -2.32. The second-order valence-electron chi connectivity index (χ2n) is 5.68. The number of carbonyl (C=O) groups is 4. The van der Waals surface area contributed by atoms with Gasteiger partial charge in [-0.15, -0.1) is 0 Å². The van der Waals surface area contributed by atoms with Gasteiger partial charge in [-0.25, -0.2) is 0 Å². The largest absolute Gasteiger partial charge is 0.457 e. The van der Waals surface area contributed by atoms with Crippen molar-refractivity contribution in [2.24, 2.45) is 0 Å². The summed E-state index contributed by atoms with van der Waals surface area (Å²) >= 11 is 6.53. The Kier molecular flexibility index (Phi) is 8.53. The topological polar surface area (TPSA) is 86.7 Å². The van der Waals surface area contributed by atoms with Crippen LogP contribution in [0.3, 0.4) is 0 Å². The maximum Gasteiger partial charge on any atom is 0.306 e. The van der Waals surface area contributed by atoms with Gasteiger partial charge in [-0.3, -0.25) is 19.2 Å². The summed E-state index contributed by atoms with van der Waals surface area (Å²) in [6, 6.07) is 13.3. The van der Waals surface area contributed by atoms with Crippen molar-refractivity contribution in [1.82, 2.24) is 0 Å². The molecule has 0 atom stereocenters. The Labute approximate surface area is 178 Å². The zero-order valence-electron chi connectivity index (χ0n) is 14.7. The van der Waals surface area contributed by atoms with E-state index in [4.69, 9.17) is 9.47 Å². The summed E-state index contributed by atoms with van der Waals surface area (Å²) in [6.45, 7) is -0.810. The summed E-state index contributed by atoms with van der Waals surface area (Å²) in [4.78, 5) is 47.1. The molecule has 2 aromatic rings. The molecule has 2 aromatic carbocycles. The molecule has 6 nitrogen and oxygen atoms in total. The van der Waals surface area contributed by atoms with Crippen molar-refractivity contribution in [2.45, 2.75) is 12.8 Å². The predicted octanol–water partition coefficient (Wildman–Crippen LogP) is 4.14.